The van der Waals surface area contributed by atoms with Crippen molar-refractivity contribution in [1.82, 2.24) is 15.2 Å². The van der Waals surface area contributed by atoms with Crippen molar-refractivity contribution in [2.45, 2.75) is 54.0 Å². The smallest absolute Gasteiger partial charge is 0.340 e. The van der Waals surface area contributed by atoms with Crippen molar-refractivity contribution in [3.05, 3.63) is 22.5 Å². The molecule has 0 saturated carbocycles. The molecule has 2 N–H and O–H groups in total. The van der Waals surface area contributed by atoms with Gasteiger partial charge in [-0.2, -0.15) is 0 Å². The van der Waals surface area contributed by atoms with Crippen LogP contribution in [0.2, 0.25) is 0 Å². The molecule has 2 amide bonds. The molecule has 1 heterocycles. The van der Waals surface area contributed by atoms with E-state index in [1.807, 2.05) is 20.8 Å². The third-order valence-electron chi connectivity index (χ3n) is 3.65. The molecular weight excluding hydrogens is 322 g/mol. The number of aromatic nitrogens is 1. The van der Waals surface area contributed by atoms with Gasteiger partial charge in [-0.05, 0) is 54.0 Å². The molecule has 0 aliphatic carbocycles. The maximum Gasteiger partial charge on any atom is 0.340 e. The third-order valence-corrected chi connectivity index (χ3v) is 3.65. The number of nitrogens with zero attached hydrogens (tertiary/aromatic N) is 1. The van der Waals surface area contributed by atoms with Gasteiger partial charge in [0.25, 0.3) is 5.91 Å². The van der Waals surface area contributed by atoms with Crippen LogP contribution in [0.3, 0.4) is 0 Å². The van der Waals surface area contributed by atoms with E-state index in [2.05, 4.69) is 10.3 Å². The Balaban J connectivity index is 3.03. The number of hydrogen-bond donors (Lipinski definition) is 2. The zero-order valence-electron chi connectivity index (χ0n) is 16.2. The van der Waals surface area contributed by atoms with Gasteiger partial charge in [0.15, 0.2) is 0 Å². The highest BCUT2D eigenvalue weighted by Gasteiger charge is 2.27. The molecule has 0 bridgehead atoms. The molecule has 140 valence electrons. The predicted molar refractivity (Wildman–Crippen MR) is 95.7 cm³/mol. The van der Waals surface area contributed by atoms with Gasteiger partial charge in [0.1, 0.15) is 5.69 Å². The van der Waals surface area contributed by atoms with Gasteiger partial charge >= 0.3 is 5.97 Å². The first-order valence-electron chi connectivity index (χ1n) is 8.48. The lowest BCUT2D eigenvalue weighted by Crippen LogP contribution is -2.47. The number of carbonyl (C=O) groups is 3. The summed E-state index contributed by atoms with van der Waals surface area (Å²) >= 11 is 0. The topological polar surface area (TPSA) is 91.5 Å². The zero-order valence-corrected chi connectivity index (χ0v) is 16.2. The molecule has 0 aliphatic heterocycles. The minimum absolute atomic E-state index is 0.0428. The summed E-state index contributed by atoms with van der Waals surface area (Å²) in [5.74, 6) is -1.00. The number of likely N-dealkylation sites (N-methyl/N-ethyl adjacent to an activating group) is 1. The lowest BCUT2D eigenvalue weighted by atomic mass is 10.1. The average Bonchev–Trinajstić information content (AvgIpc) is 2.77. The second kappa shape index (κ2) is 8.18. The molecule has 7 heteroatoms. The second-order valence-electron chi connectivity index (χ2n) is 6.96. The van der Waals surface area contributed by atoms with Crippen LogP contribution in [0.25, 0.3) is 0 Å². The number of nitrogens with one attached hydrogen (secondary N) is 2. The predicted octanol–water partition coefficient (Wildman–Crippen LogP) is 2.19. The first-order chi connectivity index (χ1) is 11.5. The van der Waals surface area contributed by atoms with E-state index < -0.39 is 5.97 Å². The summed E-state index contributed by atoms with van der Waals surface area (Å²) in [6, 6.07) is 0. The van der Waals surface area contributed by atoms with Crippen molar-refractivity contribution in [1.29, 1.82) is 0 Å². The van der Waals surface area contributed by atoms with Gasteiger partial charge in [-0.1, -0.05) is 0 Å². The molecule has 1 aromatic rings. The van der Waals surface area contributed by atoms with E-state index in [0.717, 1.165) is 0 Å². The molecule has 0 atom stereocenters. The van der Waals surface area contributed by atoms with Crippen LogP contribution in [0.4, 0.5) is 0 Å². The Morgan fingerprint density at radius 1 is 1.16 bits per heavy atom. The van der Waals surface area contributed by atoms with Crippen LogP contribution in [-0.2, 0) is 9.53 Å². The summed E-state index contributed by atoms with van der Waals surface area (Å²) in [6.45, 7) is 13.2. The Kier molecular flexibility index (Phi) is 6.78. The van der Waals surface area contributed by atoms with Gasteiger partial charge in [-0.3, -0.25) is 9.59 Å². The van der Waals surface area contributed by atoms with Crippen molar-refractivity contribution in [2.75, 3.05) is 19.7 Å². The number of aromatic amines is 1. The van der Waals surface area contributed by atoms with Crippen LogP contribution in [-0.4, -0.2) is 52.9 Å². The van der Waals surface area contributed by atoms with Crippen LogP contribution >= 0.6 is 0 Å². The molecule has 7 nitrogen and oxygen atoms in total. The molecular formula is C18H29N3O4. The summed E-state index contributed by atoms with van der Waals surface area (Å²) in [4.78, 5) is 41.4. The Hall–Kier alpha value is -2.31. The Bertz CT molecular complexity index is 656. The first-order valence-corrected chi connectivity index (χ1v) is 8.48. The first kappa shape index (κ1) is 20.7. The minimum Gasteiger partial charge on any atom is -0.462 e. The number of ether oxygens (including phenoxy) is 1. The largest absolute Gasteiger partial charge is 0.462 e. The van der Waals surface area contributed by atoms with Gasteiger partial charge < -0.3 is 19.9 Å². The van der Waals surface area contributed by atoms with Crippen molar-refractivity contribution in [3.8, 4) is 0 Å². The lowest BCUT2D eigenvalue weighted by Gasteiger charge is -2.25. The summed E-state index contributed by atoms with van der Waals surface area (Å²) < 4.78 is 5.04. The maximum absolute atomic E-state index is 12.8. The van der Waals surface area contributed by atoms with E-state index >= 15 is 0 Å². The van der Waals surface area contributed by atoms with Crippen LogP contribution in [0.5, 0.6) is 0 Å². The molecule has 0 spiro atoms. The molecule has 0 unspecified atom stereocenters. The van der Waals surface area contributed by atoms with Gasteiger partial charge in [-0.25, -0.2) is 4.79 Å². The Morgan fingerprint density at radius 3 is 2.24 bits per heavy atom. The number of H-pyrrole nitrogens is 1. The quantitative estimate of drug-likeness (QED) is 0.769. The highest BCUT2D eigenvalue weighted by Crippen LogP contribution is 2.20. The second-order valence-corrected chi connectivity index (χ2v) is 6.96. The van der Waals surface area contributed by atoms with Crippen molar-refractivity contribution >= 4 is 17.8 Å². The molecule has 0 fully saturated rings. The number of aryl methyl sites for hydroxylation is 1. The van der Waals surface area contributed by atoms with Gasteiger partial charge in [0, 0.05) is 17.8 Å². The normalized spacial score (nSPS) is 11.2. The molecule has 0 saturated heterocycles. The minimum atomic E-state index is -0.457. The number of rotatable bonds is 6. The van der Waals surface area contributed by atoms with E-state index in [4.69, 9.17) is 4.74 Å². The lowest BCUT2D eigenvalue weighted by molar-refractivity contribution is -0.123. The summed E-state index contributed by atoms with van der Waals surface area (Å²) in [7, 11) is 0. The van der Waals surface area contributed by atoms with E-state index in [1.165, 1.54) is 4.90 Å². The number of carbonyl (C=O) groups excluding carboxylic acids is 3. The molecule has 0 aliphatic rings. The number of hydrogen-bond acceptors (Lipinski definition) is 4. The number of amides is 2. The van der Waals surface area contributed by atoms with Gasteiger partial charge in [0.2, 0.25) is 5.91 Å². The monoisotopic (exact) mass is 351 g/mol. The summed E-state index contributed by atoms with van der Waals surface area (Å²) in [5, 5.41) is 2.84. The van der Waals surface area contributed by atoms with Crippen LogP contribution in [0.15, 0.2) is 0 Å². The molecule has 0 radical (unpaired) electrons. The van der Waals surface area contributed by atoms with Crippen LogP contribution in [0, 0.1) is 13.8 Å². The van der Waals surface area contributed by atoms with Gasteiger partial charge in [-0.15, -0.1) is 0 Å². The fourth-order valence-electron chi connectivity index (χ4n) is 2.59. The zero-order chi connectivity index (χ0) is 19.4. The van der Waals surface area contributed by atoms with Crippen molar-refractivity contribution in [3.63, 3.8) is 0 Å². The van der Waals surface area contributed by atoms with Crippen molar-refractivity contribution < 1.29 is 19.1 Å². The standard InChI is InChI=1S/C18H29N3O4/c1-8-21(10-13(22)20-18(5,6)7)16(23)15-11(3)14(12(4)19-15)17(24)25-9-2/h19H,8-10H2,1-7H3,(H,20,22). The fraction of sp³-hybridized carbons (Fsp3) is 0.611. The van der Waals surface area contributed by atoms with Crippen LogP contribution < -0.4 is 5.32 Å². The van der Waals surface area contributed by atoms with E-state index in [9.17, 15) is 14.4 Å². The maximum atomic E-state index is 12.8. The molecule has 0 aromatic carbocycles. The van der Waals surface area contributed by atoms with E-state index in [-0.39, 0.29) is 30.5 Å². The molecule has 1 rings (SSSR count). The van der Waals surface area contributed by atoms with Gasteiger partial charge in [0.05, 0.1) is 18.7 Å². The molecule has 25 heavy (non-hydrogen) atoms. The number of esters is 1. The van der Waals surface area contributed by atoms with E-state index in [1.54, 1.807) is 27.7 Å². The summed E-state index contributed by atoms with van der Waals surface area (Å²) in [6.07, 6.45) is 0. The molecule has 1 aromatic heterocycles. The fourth-order valence-corrected chi connectivity index (χ4v) is 2.59. The van der Waals surface area contributed by atoms with E-state index in [0.29, 0.717) is 29.1 Å². The van der Waals surface area contributed by atoms with Crippen LogP contribution in [0.1, 0.15) is 66.7 Å². The average molecular weight is 351 g/mol. The Labute approximate surface area is 149 Å². The van der Waals surface area contributed by atoms with Crippen molar-refractivity contribution in [2.24, 2.45) is 0 Å². The highest BCUT2D eigenvalue weighted by molar-refractivity contribution is 6.01. The highest BCUT2D eigenvalue weighted by atomic mass is 16.5. The SMILES string of the molecule is CCOC(=O)c1c(C)[nH]c(C(=O)N(CC)CC(=O)NC(C)(C)C)c1C. The third kappa shape index (κ3) is 5.34. The Morgan fingerprint density at radius 2 is 1.76 bits per heavy atom. The summed E-state index contributed by atoms with van der Waals surface area (Å²) in [5.41, 5.74) is 1.44.